The molecule has 21 heavy (non-hydrogen) atoms. The molecule has 0 aliphatic carbocycles. The van der Waals surface area contributed by atoms with Crippen LogP contribution < -0.4 is 0 Å². The van der Waals surface area contributed by atoms with Crippen molar-refractivity contribution in [2.75, 3.05) is 6.61 Å². The van der Waals surface area contributed by atoms with Gasteiger partial charge in [0.05, 0.1) is 0 Å². The minimum atomic E-state index is -0.308. The van der Waals surface area contributed by atoms with Crippen molar-refractivity contribution in [3.05, 3.63) is 64.5 Å². The fourth-order valence-electron chi connectivity index (χ4n) is 1.89. The summed E-state index contributed by atoms with van der Waals surface area (Å²) in [5.74, 6) is 5.80. The second-order valence-electron chi connectivity index (χ2n) is 4.80. The fourth-order valence-corrected chi connectivity index (χ4v) is 2.89. The third kappa shape index (κ3) is 4.35. The lowest BCUT2D eigenvalue weighted by Crippen LogP contribution is -1.90. The first-order chi connectivity index (χ1) is 10.1. The largest absolute Gasteiger partial charge is 0.384 e. The van der Waals surface area contributed by atoms with E-state index in [0.717, 1.165) is 11.3 Å². The van der Waals surface area contributed by atoms with Gasteiger partial charge in [-0.25, -0.2) is 4.39 Å². The van der Waals surface area contributed by atoms with Gasteiger partial charge in [-0.2, -0.15) is 0 Å². The van der Waals surface area contributed by atoms with E-state index in [1.807, 2.05) is 0 Å². The van der Waals surface area contributed by atoms with Gasteiger partial charge in [-0.1, -0.05) is 24.0 Å². The molecule has 0 fully saturated rings. The highest BCUT2D eigenvalue weighted by Crippen LogP contribution is 2.26. The highest BCUT2D eigenvalue weighted by Gasteiger charge is 2.04. The molecule has 2 aromatic carbocycles. The number of aliphatic hydroxyl groups is 1. The van der Waals surface area contributed by atoms with Crippen molar-refractivity contribution in [1.82, 2.24) is 0 Å². The maximum absolute atomic E-state index is 13.3. The smallest absolute Gasteiger partial charge is 0.124 e. The number of benzene rings is 2. The molecule has 0 heterocycles. The van der Waals surface area contributed by atoms with Gasteiger partial charge in [-0.05, 0) is 54.8 Å². The molecular formula is C18H17FOS. The first kappa shape index (κ1) is 15.6. The second kappa shape index (κ2) is 7.31. The van der Waals surface area contributed by atoms with E-state index in [0.29, 0.717) is 5.56 Å². The molecule has 0 aliphatic rings. The SMILES string of the molecule is Cc1ccc(SCc2ccc(F)cc2C#CCO)cc1C. The summed E-state index contributed by atoms with van der Waals surface area (Å²) in [6.45, 7) is 3.96. The van der Waals surface area contributed by atoms with Crippen molar-refractivity contribution in [3.63, 3.8) is 0 Å². The summed E-state index contributed by atoms with van der Waals surface area (Å²) in [6.07, 6.45) is 0. The lowest BCUT2D eigenvalue weighted by atomic mass is 10.1. The van der Waals surface area contributed by atoms with Crippen LogP contribution in [0.3, 0.4) is 0 Å². The van der Waals surface area contributed by atoms with Gasteiger partial charge in [0.25, 0.3) is 0 Å². The van der Waals surface area contributed by atoms with Crippen molar-refractivity contribution in [3.8, 4) is 11.8 Å². The molecule has 1 nitrogen and oxygen atoms in total. The summed E-state index contributed by atoms with van der Waals surface area (Å²) in [6, 6.07) is 11.0. The van der Waals surface area contributed by atoms with Crippen molar-refractivity contribution in [1.29, 1.82) is 0 Å². The van der Waals surface area contributed by atoms with Gasteiger partial charge in [-0.15, -0.1) is 11.8 Å². The number of thioether (sulfide) groups is 1. The zero-order chi connectivity index (χ0) is 15.2. The molecule has 0 aliphatic heterocycles. The minimum absolute atomic E-state index is 0.222. The van der Waals surface area contributed by atoms with E-state index in [1.165, 1.54) is 28.2 Å². The maximum atomic E-state index is 13.3. The molecule has 2 aromatic rings. The summed E-state index contributed by atoms with van der Waals surface area (Å²) in [4.78, 5) is 1.18. The molecule has 0 amide bonds. The van der Waals surface area contributed by atoms with E-state index in [1.54, 1.807) is 17.8 Å². The van der Waals surface area contributed by atoms with E-state index in [2.05, 4.69) is 43.9 Å². The van der Waals surface area contributed by atoms with Gasteiger partial charge in [0.15, 0.2) is 0 Å². The molecule has 0 aromatic heterocycles. The van der Waals surface area contributed by atoms with Crippen LogP contribution in [0.1, 0.15) is 22.3 Å². The van der Waals surface area contributed by atoms with Crippen molar-refractivity contribution < 1.29 is 9.50 Å². The van der Waals surface area contributed by atoms with Crippen LogP contribution in [0.5, 0.6) is 0 Å². The van der Waals surface area contributed by atoms with Crippen LogP contribution in [0, 0.1) is 31.5 Å². The number of hydrogen-bond donors (Lipinski definition) is 1. The monoisotopic (exact) mass is 300 g/mol. The van der Waals surface area contributed by atoms with Gasteiger partial charge in [0, 0.05) is 16.2 Å². The van der Waals surface area contributed by atoms with Gasteiger partial charge in [-0.3, -0.25) is 0 Å². The molecule has 0 atom stereocenters. The summed E-state index contributed by atoms with van der Waals surface area (Å²) in [5.41, 5.74) is 4.15. The minimum Gasteiger partial charge on any atom is -0.384 e. The van der Waals surface area contributed by atoms with E-state index >= 15 is 0 Å². The third-order valence-corrected chi connectivity index (χ3v) is 4.29. The van der Waals surface area contributed by atoms with Crippen molar-refractivity contribution >= 4 is 11.8 Å². The van der Waals surface area contributed by atoms with Crippen LogP contribution in [0.15, 0.2) is 41.3 Å². The number of aliphatic hydroxyl groups excluding tert-OH is 1. The number of rotatable bonds is 3. The van der Waals surface area contributed by atoms with Gasteiger partial charge in [0.2, 0.25) is 0 Å². The first-order valence-electron chi connectivity index (χ1n) is 6.68. The lowest BCUT2D eigenvalue weighted by molar-refractivity contribution is 0.350. The predicted molar refractivity (Wildman–Crippen MR) is 85.8 cm³/mol. The van der Waals surface area contributed by atoms with Crippen LogP contribution in [-0.4, -0.2) is 11.7 Å². The molecular weight excluding hydrogens is 283 g/mol. The molecule has 1 N–H and O–H groups in total. The lowest BCUT2D eigenvalue weighted by Gasteiger charge is -2.07. The Morgan fingerprint density at radius 3 is 2.62 bits per heavy atom. The highest BCUT2D eigenvalue weighted by atomic mass is 32.2. The van der Waals surface area contributed by atoms with E-state index < -0.39 is 0 Å². The van der Waals surface area contributed by atoms with Crippen molar-refractivity contribution in [2.45, 2.75) is 24.5 Å². The Hall–Kier alpha value is -1.76. The summed E-state index contributed by atoms with van der Waals surface area (Å²) in [7, 11) is 0. The van der Waals surface area contributed by atoms with Crippen LogP contribution in [-0.2, 0) is 5.75 Å². The standard InChI is InChI=1S/C18H17FOS/c1-13-5-8-18(10-14(13)2)21-12-16-6-7-17(19)11-15(16)4-3-9-20/h5-8,10-11,20H,9,12H2,1-2H3. The normalized spacial score (nSPS) is 10.1. The molecule has 0 saturated carbocycles. The average Bonchev–Trinajstić information content (AvgIpc) is 2.47. The fraction of sp³-hybridized carbons (Fsp3) is 0.222. The Bertz CT molecular complexity index is 698. The van der Waals surface area contributed by atoms with Crippen LogP contribution in [0.2, 0.25) is 0 Å². The second-order valence-corrected chi connectivity index (χ2v) is 5.84. The van der Waals surface area contributed by atoms with E-state index in [9.17, 15) is 4.39 Å². The summed E-state index contributed by atoms with van der Waals surface area (Å²) < 4.78 is 13.3. The third-order valence-electron chi connectivity index (χ3n) is 3.25. The number of aryl methyl sites for hydroxylation is 2. The molecule has 108 valence electrons. The van der Waals surface area contributed by atoms with Gasteiger partial charge >= 0.3 is 0 Å². The predicted octanol–water partition coefficient (Wildman–Crippen LogP) is 4.08. The number of hydrogen-bond acceptors (Lipinski definition) is 2. The zero-order valence-corrected chi connectivity index (χ0v) is 12.9. The molecule has 0 spiro atoms. The Kier molecular flexibility index (Phi) is 5.44. The van der Waals surface area contributed by atoms with E-state index in [-0.39, 0.29) is 12.4 Å². The molecule has 0 radical (unpaired) electrons. The molecule has 0 unspecified atom stereocenters. The molecule has 2 rings (SSSR count). The first-order valence-corrected chi connectivity index (χ1v) is 7.67. The summed E-state index contributed by atoms with van der Waals surface area (Å²) >= 11 is 1.70. The summed E-state index contributed by atoms with van der Waals surface area (Å²) in [5, 5.41) is 8.78. The van der Waals surface area contributed by atoms with Crippen molar-refractivity contribution in [2.24, 2.45) is 0 Å². The van der Waals surface area contributed by atoms with E-state index in [4.69, 9.17) is 5.11 Å². The number of halogens is 1. The van der Waals surface area contributed by atoms with Gasteiger partial charge in [0.1, 0.15) is 12.4 Å². The van der Waals surface area contributed by atoms with Crippen LogP contribution in [0.4, 0.5) is 4.39 Å². The Morgan fingerprint density at radius 1 is 1.10 bits per heavy atom. The molecule has 0 bridgehead atoms. The Balaban J connectivity index is 2.17. The molecule has 0 saturated heterocycles. The topological polar surface area (TPSA) is 20.2 Å². The average molecular weight is 300 g/mol. The highest BCUT2D eigenvalue weighted by molar-refractivity contribution is 7.98. The van der Waals surface area contributed by atoms with Crippen LogP contribution in [0.25, 0.3) is 0 Å². The Labute approximate surface area is 129 Å². The molecule has 3 heteroatoms. The Morgan fingerprint density at radius 2 is 1.90 bits per heavy atom. The van der Waals surface area contributed by atoms with Crippen LogP contribution >= 0.6 is 11.8 Å². The maximum Gasteiger partial charge on any atom is 0.124 e. The zero-order valence-electron chi connectivity index (χ0n) is 12.1. The van der Waals surface area contributed by atoms with Gasteiger partial charge < -0.3 is 5.11 Å². The quantitative estimate of drug-likeness (QED) is 0.681.